The molecule has 0 bridgehead atoms. The summed E-state index contributed by atoms with van der Waals surface area (Å²) in [5.41, 5.74) is 2.79. The van der Waals surface area contributed by atoms with E-state index in [1.54, 1.807) is 0 Å². The monoisotopic (exact) mass is 394 g/mol. The minimum Gasteiger partial charge on any atom is -0.492 e. The van der Waals surface area contributed by atoms with Gasteiger partial charge in [0.05, 0.1) is 12.2 Å². The van der Waals surface area contributed by atoms with Crippen molar-refractivity contribution in [2.75, 3.05) is 6.61 Å². The van der Waals surface area contributed by atoms with E-state index in [0.29, 0.717) is 18.6 Å². The van der Waals surface area contributed by atoms with Crippen LogP contribution < -0.4 is 4.74 Å². The van der Waals surface area contributed by atoms with Crippen LogP contribution in [0.15, 0.2) is 45.3 Å². The zero-order valence-corrected chi connectivity index (χ0v) is 13.8. The minimum absolute atomic E-state index is 0.0896. The predicted octanol–water partition coefficient (Wildman–Crippen LogP) is 4.57. The van der Waals surface area contributed by atoms with Gasteiger partial charge in [-0.25, -0.2) is 0 Å². The Morgan fingerprint density at radius 3 is 2.60 bits per heavy atom. The van der Waals surface area contributed by atoms with Crippen molar-refractivity contribution in [2.24, 2.45) is 0 Å². The van der Waals surface area contributed by atoms with Gasteiger partial charge in [-0.2, -0.15) is 0 Å². The summed E-state index contributed by atoms with van der Waals surface area (Å²) in [5.74, 6) is 0.849. The SMILES string of the molecule is O=C(Cc1ccc(Br)cc1)c1cc(Br)cc2c1OCC2. The van der Waals surface area contributed by atoms with Crippen LogP contribution in [0.1, 0.15) is 21.5 Å². The first kappa shape index (κ1) is 13.8. The fourth-order valence-corrected chi connectivity index (χ4v) is 3.13. The Bertz CT molecular complexity index is 663. The third-order valence-electron chi connectivity index (χ3n) is 3.33. The highest BCUT2D eigenvalue weighted by atomic mass is 79.9. The van der Waals surface area contributed by atoms with Crippen molar-refractivity contribution in [3.05, 3.63) is 62.0 Å². The Morgan fingerprint density at radius 2 is 1.85 bits per heavy atom. The molecule has 0 amide bonds. The number of hydrogen-bond acceptors (Lipinski definition) is 2. The van der Waals surface area contributed by atoms with Gasteiger partial charge in [0.1, 0.15) is 5.75 Å². The number of ether oxygens (including phenoxy) is 1. The Hall–Kier alpha value is -1.13. The third kappa shape index (κ3) is 2.81. The van der Waals surface area contributed by atoms with Crippen molar-refractivity contribution in [1.82, 2.24) is 0 Å². The van der Waals surface area contributed by atoms with Crippen LogP contribution in [0.3, 0.4) is 0 Å². The second kappa shape index (κ2) is 5.70. The number of ketones is 1. The van der Waals surface area contributed by atoms with Crippen LogP contribution in [0.25, 0.3) is 0 Å². The normalized spacial score (nSPS) is 12.9. The van der Waals surface area contributed by atoms with E-state index in [9.17, 15) is 4.79 Å². The van der Waals surface area contributed by atoms with E-state index < -0.39 is 0 Å². The quantitative estimate of drug-likeness (QED) is 0.711. The van der Waals surface area contributed by atoms with Gasteiger partial charge in [0.2, 0.25) is 0 Å². The average Bonchev–Trinajstić information content (AvgIpc) is 2.88. The number of Topliss-reactive ketones (excluding diaryl/α,β-unsaturated/α-hetero) is 1. The number of carbonyl (C=O) groups is 1. The summed E-state index contributed by atoms with van der Waals surface area (Å²) in [7, 11) is 0. The summed E-state index contributed by atoms with van der Waals surface area (Å²) < 4.78 is 7.56. The summed E-state index contributed by atoms with van der Waals surface area (Å²) >= 11 is 6.86. The second-order valence-corrected chi connectivity index (χ2v) is 6.60. The second-order valence-electron chi connectivity index (χ2n) is 4.77. The van der Waals surface area contributed by atoms with Crippen LogP contribution >= 0.6 is 31.9 Å². The number of hydrogen-bond donors (Lipinski definition) is 0. The summed E-state index contributed by atoms with van der Waals surface area (Å²) in [6.07, 6.45) is 1.26. The number of rotatable bonds is 3. The van der Waals surface area contributed by atoms with Crippen LogP contribution in [0.5, 0.6) is 5.75 Å². The van der Waals surface area contributed by atoms with Crippen LogP contribution in [0, 0.1) is 0 Å². The lowest BCUT2D eigenvalue weighted by Gasteiger charge is -2.08. The number of carbonyl (C=O) groups excluding carboxylic acids is 1. The fourth-order valence-electron chi connectivity index (χ4n) is 2.36. The molecule has 2 aromatic carbocycles. The molecule has 0 spiro atoms. The molecule has 0 aromatic heterocycles. The Labute approximate surface area is 134 Å². The molecule has 0 atom stereocenters. The maximum atomic E-state index is 12.5. The standard InChI is InChI=1S/C16H12Br2O2/c17-12-3-1-10(2-4-12)7-15(19)14-9-13(18)8-11-5-6-20-16(11)14/h1-4,8-9H,5-7H2. The zero-order chi connectivity index (χ0) is 14.1. The Morgan fingerprint density at radius 1 is 1.10 bits per heavy atom. The molecule has 0 aliphatic carbocycles. The summed E-state index contributed by atoms with van der Waals surface area (Å²) in [6, 6.07) is 11.7. The largest absolute Gasteiger partial charge is 0.492 e. The van der Waals surface area contributed by atoms with E-state index in [2.05, 4.69) is 31.9 Å². The van der Waals surface area contributed by atoms with Gasteiger partial charge in [0.25, 0.3) is 0 Å². The molecular weight excluding hydrogens is 384 g/mol. The molecule has 1 heterocycles. The van der Waals surface area contributed by atoms with Crippen LogP contribution in [-0.4, -0.2) is 12.4 Å². The maximum absolute atomic E-state index is 12.5. The lowest BCUT2D eigenvalue weighted by atomic mass is 10.00. The highest BCUT2D eigenvalue weighted by Crippen LogP contribution is 2.33. The highest BCUT2D eigenvalue weighted by molar-refractivity contribution is 9.10. The molecule has 0 saturated carbocycles. The molecule has 0 fully saturated rings. The molecule has 20 heavy (non-hydrogen) atoms. The van der Waals surface area contributed by atoms with Crippen LogP contribution in [0.2, 0.25) is 0 Å². The molecule has 1 aliphatic rings. The van der Waals surface area contributed by atoms with Crippen molar-refractivity contribution in [2.45, 2.75) is 12.8 Å². The first-order valence-corrected chi connectivity index (χ1v) is 7.95. The van der Waals surface area contributed by atoms with Crippen LogP contribution in [-0.2, 0) is 12.8 Å². The van der Waals surface area contributed by atoms with Gasteiger partial charge in [0, 0.05) is 21.8 Å². The van der Waals surface area contributed by atoms with Gasteiger partial charge < -0.3 is 4.74 Å². The summed E-state index contributed by atoms with van der Waals surface area (Å²) in [5, 5.41) is 0. The number of fused-ring (bicyclic) bond motifs is 1. The van der Waals surface area contributed by atoms with Gasteiger partial charge in [0.15, 0.2) is 5.78 Å². The predicted molar refractivity (Wildman–Crippen MR) is 85.5 cm³/mol. The fraction of sp³-hybridized carbons (Fsp3) is 0.188. The van der Waals surface area contributed by atoms with Gasteiger partial charge in [-0.05, 0) is 35.4 Å². The van der Waals surface area contributed by atoms with Gasteiger partial charge in [-0.1, -0.05) is 44.0 Å². The molecule has 0 unspecified atom stereocenters. The lowest BCUT2D eigenvalue weighted by Crippen LogP contribution is -2.05. The van der Waals surface area contributed by atoms with Crippen LogP contribution in [0.4, 0.5) is 0 Å². The molecule has 2 nitrogen and oxygen atoms in total. The lowest BCUT2D eigenvalue weighted by molar-refractivity contribution is 0.0990. The molecule has 2 aromatic rings. The smallest absolute Gasteiger partial charge is 0.171 e. The molecule has 3 rings (SSSR count). The molecule has 0 radical (unpaired) electrons. The number of benzene rings is 2. The van der Waals surface area contributed by atoms with Crippen molar-refractivity contribution in [1.29, 1.82) is 0 Å². The number of halogens is 2. The van der Waals surface area contributed by atoms with E-state index in [1.165, 1.54) is 0 Å². The molecule has 102 valence electrons. The van der Waals surface area contributed by atoms with E-state index in [4.69, 9.17) is 4.74 Å². The zero-order valence-electron chi connectivity index (χ0n) is 10.7. The first-order chi connectivity index (χ1) is 9.63. The Kier molecular flexibility index (Phi) is 3.94. The molecular formula is C16H12Br2O2. The average molecular weight is 396 g/mol. The molecule has 1 aliphatic heterocycles. The molecule has 0 saturated heterocycles. The third-order valence-corrected chi connectivity index (χ3v) is 4.31. The highest BCUT2D eigenvalue weighted by Gasteiger charge is 2.21. The van der Waals surface area contributed by atoms with Crippen molar-refractivity contribution >= 4 is 37.6 Å². The van der Waals surface area contributed by atoms with E-state index in [-0.39, 0.29) is 5.78 Å². The van der Waals surface area contributed by atoms with Gasteiger partial charge in [-0.15, -0.1) is 0 Å². The van der Waals surface area contributed by atoms with E-state index in [0.717, 1.165) is 32.2 Å². The molecule has 4 heteroatoms. The van der Waals surface area contributed by atoms with Crippen molar-refractivity contribution in [3.8, 4) is 5.75 Å². The molecule has 0 N–H and O–H groups in total. The topological polar surface area (TPSA) is 26.3 Å². The summed E-state index contributed by atoms with van der Waals surface area (Å²) in [4.78, 5) is 12.5. The maximum Gasteiger partial charge on any atom is 0.171 e. The van der Waals surface area contributed by atoms with E-state index >= 15 is 0 Å². The van der Waals surface area contributed by atoms with Gasteiger partial charge >= 0.3 is 0 Å². The van der Waals surface area contributed by atoms with Gasteiger partial charge in [-0.3, -0.25) is 4.79 Å². The van der Waals surface area contributed by atoms with E-state index in [1.807, 2.05) is 36.4 Å². The summed E-state index contributed by atoms with van der Waals surface area (Å²) in [6.45, 7) is 0.657. The minimum atomic E-state index is 0.0896. The Balaban J connectivity index is 1.89. The first-order valence-electron chi connectivity index (χ1n) is 6.36. The van der Waals surface area contributed by atoms with Crippen molar-refractivity contribution < 1.29 is 9.53 Å². The van der Waals surface area contributed by atoms with Crippen molar-refractivity contribution in [3.63, 3.8) is 0 Å².